The molecule has 2 N–H and O–H groups in total. The summed E-state index contributed by atoms with van der Waals surface area (Å²) >= 11 is 0. The maximum atomic E-state index is 12.3. The molecule has 21 heavy (non-hydrogen) atoms. The van der Waals surface area contributed by atoms with E-state index >= 15 is 0 Å². The molecule has 0 spiro atoms. The number of carboxylic acid groups (broad SMARTS) is 1. The van der Waals surface area contributed by atoms with Gasteiger partial charge in [-0.1, -0.05) is 26.0 Å². The van der Waals surface area contributed by atoms with Gasteiger partial charge in [-0.15, -0.1) is 0 Å². The number of rotatable bonds is 5. The van der Waals surface area contributed by atoms with E-state index in [9.17, 15) is 9.59 Å². The molecule has 1 aromatic carbocycles. The van der Waals surface area contributed by atoms with Crippen molar-refractivity contribution < 1.29 is 14.7 Å². The lowest BCUT2D eigenvalue weighted by molar-refractivity contribution is -0.143. The molecule has 0 aliphatic rings. The van der Waals surface area contributed by atoms with Crippen LogP contribution in [0.4, 0.5) is 0 Å². The third-order valence-electron chi connectivity index (χ3n) is 3.51. The molecule has 6 nitrogen and oxygen atoms in total. The number of carboxylic acids is 1. The number of carbonyl (C=O) groups excluding carboxylic acids is 1. The minimum Gasteiger partial charge on any atom is -0.480 e. The van der Waals surface area contributed by atoms with Gasteiger partial charge in [0.1, 0.15) is 12.1 Å². The first-order chi connectivity index (χ1) is 9.91. The van der Waals surface area contributed by atoms with Crippen LogP contribution in [0.25, 0.3) is 11.0 Å². The quantitative estimate of drug-likeness (QED) is 0.879. The summed E-state index contributed by atoms with van der Waals surface area (Å²) in [6.45, 7) is 5.25. The normalized spacial score (nSPS) is 14.1. The average molecular weight is 289 g/mol. The molecule has 2 rings (SSSR count). The zero-order valence-electron chi connectivity index (χ0n) is 12.3. The Bertz CT molecular complexity index is 663. The molecule has 112 valence electrons. The second kappa shape index (κ2) is 5.95. The van der Waals surface area contributed by atoms with Crippen molar-refractivity contribution in [2.45, 2.75) is 32.9 Å². The van der Waals surface area contributed by atoms with Crippen LogP contribution >= 0.6 is 0 Å². The highest BCUT2D eigenvalue weighted by atomic mass is 16.4. The molecule has 0 saturated carbocycles. The molecular formula is C15H19N3O3. The molecule has 0 fully saturated rings. The molecule has 1 unspecified atom stereocenters. The first kappa shape index (κ1) is 15.0. The van der Waals surface area contributed by atoms with Crippen molar-refractivity contribution >= 4 is 22.9 Å². The smallest absolute Gasteiger partial charge is 0.326 e. The molecule has 0 bridgehead atoms. The Morgan fingerprint density at radius 3 is 2.52 bits per heavy atom. The van der Waals surface area contributed by atoms with Crippen molar-refractivity contribution in [1.29, 1.82) is 0 Å². The summed E-state index contributed by atoms with van der Waals surface area (Å²) in [6, 6.07) is 6.07. The predicted molar refractivity (Wildman–Crippen MR) is 78.8 cm³/mol. The summed E-state index contributed by atoms with van der Waals surface area (Å²) in [5.74, 6) is -1.54. The zero-order valence-corrected chi connectivity index (χ0v) is 12.3. The Morgan fingerprint density at radius 2 is 1.90 bits per heavy atom. The maximum absolute atomic E-state index is 12.3. The van der Waals surface area contributed by atoms with E-state index in [1.54, 1.807) is 31.7 Å². The average Bonchev–Trinajstić information content (AvgIpc) is 2.86. The van der Waals surface area contributed by atoms with Crippen molar-refractivity contribution in [1.82, 2.24) is 14.9 Å². The summed E-state index contributed by atoms with van der Waals surface area (Å²) in [7, 11) is 0. The number of hydrogen-bond acceptors (Lipinski definition) is 3. The number of carbonyl (C=O) groups is 2. The van der Waals surface area contributed by atoms with Crippen molar-refractivity contribution in [2.24, 2.45) is 5.92 Å². The SMILES string of the molecule is CC(C)[C@H](NC(=O)C(C)n1cnc2ccccc21)C(=O)O. The van der Waals surface area contributed by atoms with Gasteiger partial charge in [0.2, 0.25) is 5.91 Å². The van der Waals surface area contributed by atoms with Gasteiger partial charge in [0, 0.05) is 0 Å². The van der Waals surface area contributed by atoms with E-state index < -0.39 is 18.1 Å². The summed E-state index contributed by atoms with van der Waals surface area (Å²) in [5, 5.41) is 11.7. The molecule has 0 saturated heterocycles. The summed E-state index contributed by atoms with van der Waals surface area (Å²) in [6.07, 6.45) is 1.60. The first-order valence-electron chi connectivity index (χ1n) is 6.86. The van der Waals surface area contributed by atoms with Crippen molar-refractivity contribution in [2.75, 3.05) is 0 Å². The molecule has 0 aliphatic carbocycles. The summed E-state index contributed by atoms with van der Waals surface area (Å²) in [5.41, 5.74) is 1.65. The zero-order chi connectivity index (χ0) is 15.6. The number of benzene rings is 1. The van der Waals surface area contributed by atoms with Gasteiger partial charge in [0.05, 0.1) is 17.4 Å². The van der Waals surface area contributed by atoms with Crippen LogP contribution in [0, 0.1) is 5.92 Å². The van der Waals surface area contributed by atoms with Crippen LogP contribution in [0.2, 0.25) is 0 Å². The number of aromatic nitrogens is 2. The number of hydrogen-bond donors (Lipinski definition) is 2. The number of nitrogens with zero attached hydrogens (tertiary/aromatic N) is 2. The molecule has 6 heteroatoms. The fraction of sp³-hybridized carbons (Fsp3) is 0.400. The van der Waals surface area contributed by atoms with Gasteiger partial charge < -0.3 is 15.0 Å². The largest absolute Gasteiger partial charge is 0.480 e. The third kappa shape index (κ3) is 3.04. The van der Waals surface area contributed by atoms with Crippen LogP contribution in [0.5, 0.6) is 0 Å². The lowest BCUT2D eigenvalue weighted by Crippen LogP contribution is -2.46. The highest BCUT2D eigenvalue weighted by Crippen LogP contribution is 2.17. The summed E-state index contributed by atoms with van der Waals surface area (Å²) in [4.78, 5) is 27.7. The number of para-hydroxylation sites is 2. The van der Waals surface area contributed by atoms with Crippen molar-refractivity contribution in [3.05, 3.63) is 30.6 Å². The molecule has 1 heterocycles. The Hall–Kier alpha value is -2.37. The van der Waals surface area contributed by atoms with E-state index in [2.05, 4.69) is 10.3 Å². The van der Waals surface area contributed by atoms with E-state index in [1.165, 1.54) is 0 Å². The maximum Gasteiger partial charge on any atom is 0.326 e. The van der Waals surface area contributed by atoms with Crippen molar-refractivity contribution in [3.8, 4) is 0 Å². The van der Waals surface area contributed by atoms with Gasteiger partial charge in [-0.3, -0.25) is 4.79 Å². The van der Waals surface area contributed by atoms with Gasteiger partial charge in [0.25, 0.3) is 0 Å². The Balaban J connectivity index is 2.21. The fourth-order valence-electron chi connectivity index (χ4n) is 2.20. The molecule has 2 atom stereocenters. The number of nitrogens with one attached hydrogen (secondary N) is 1. The first-order valence-corrected chi connectivity index (χ1v) is 6.86. The van der Waals surface area contributed by atoms with Crippen LogP contribution in [0.3, 0.4) is 0 Å². The second-order valence-corrected chi connectivity index (χ2v) is 5.39. The molecule has 0 radical (unpaired) electrons. The van der Waals surface area contributed by atoms with Gasteiger partial charge >= 0.3 is 5.97 Å². The minimum absolute atomic E-state index is 0.182. The van der Waals surface area contributed by atoms with E-state index in [4.69, 9.17) is 5.11 Å². The predicted octanol–water partition coefficient (Wildman–Crippen LogP) is 1.82. The van der Waals surface area contributed by atoms with E-state index in [-0.39, 0.29) is 11.8 Å². The highest BCUT2D eigenvalue weighted by molar-refractivity contribution is 5.87. The van der Waals surface area contributed by atoms with Gasteiger partial charge in [-0.2, -0.15) is 0 Å². The van der Waals surface area contributed by atoms with Gasteiger partial charge in [-0.05, 0) is 25.0 Å². The Morgan fingerprint density at radius 1 is 1.24 bits per heavy atom. The van der Waals surface area contributed by atoms with Gasteiger partial charge in [0.15, 0.2) is 0 Å². The van der Waals surface area contributed by atoms with E-state index in [1.807, 2.05) is 24.3 Å². The Kier molecular flexibility index (Phi) is 4.26. The monoisotopic (exact) mass is 289 g/mol. The molecule has 0 aliphatic heterocycles. The van der Waals surface area contributed by atoms with Crippen LogP contribution in [0.15, 0.2) is 30.6 Å². The minimum atomic E-state index is -1.03. The van der Waals surface area contributed by atoms with Crippen LogP contribution in [-0.2, 0) is 9.59 Å². The lowest BCUT2D eigenvalue weighted by atomic mass is 10.0. The molecule has 1 aromatic heterocycles. The third-order valence-corrected chi connectivity index (χ3v) is 3.51. The summed E-state index contributed by atoms with van der Waals surface area (Å²) < 4.78 is 1.74. The molecular weight excluding hydrogens is 270 g/mol. The van der Waals surface area contributed by atoms with Crippen molar-refractivity contribution in [3.63, 3.8) is 0 Å². The van der Waals surface area contributed by atoms with E-state index in [0.717, 1.165) is 11.0 Å². The number of amides is 1. The lowest BCUT2D eigenvalue weighted by Gasteiger charge is -2.21. The molecule has 1 amide bonds. The van der Waals surface area contributed by atoms with E-state index in [0.29, 0.717) is 0 Å². The van der Waals surface area contributed by atoms with Gasteiger partial charge in [-0.25, -0.2) is 9.78 Å². The highest BCUT2D eigenvalue weighted by Gasteiger charge is 2.26. The number of imidazole rings is 1. The number of aliphatic carboxylic acids is 1. The standard InChI is InChI=1S/C15H19N3O3/c1-9(2)13(15(20)21)17-14(19)10(3)18-8-16-11-6-4-5-7-12(11)18/h4-10,13H,1-3H3,(H,17,19)(H,20,21)/t10?,13-/m0/s1. The second-order valence-electron chi connectivity index (χ2n) is 5.39. The molecule has 2 aromatic rings. The Labute approximate surface area is 122 Å². The fourth-order valence-corrected chi connectivity index (χ4v) is 2.20. The van der Waals surface area contributed by atoms with Crippen LogP contribution < -0.4 is 5.32 Å². The van der Waals surface area contributed by atoms with Crippen LogP contribution in [0.1, 0.15) is 26.8 Å². The number of fused-ring (bicyclic) bond motifs is 1. The topological polar surface area (TPSA) is 84.2 Å². The van der Waals surface area contributed by atoms with Crippen LogP contribution in [-0.4, -0.2) is 32.6 Å².